The van der Waals surface area contributed by atoms with Crippen LogP contribution in [0.1, 0.15) is 121 Å². The Hall–Kier alpha value is -1.77. The highest BCUT2D eigenvalue weighted by Crippen LogP contribution is 2.68. The van der Waals surface area contributed by atoms with Crippen LogP contribution in [0.2, 0.25) is 0 Å². The van der Waals surface area contributed by atoms with Gasteiger partial charge in [-0.25, -0.2) is 0 Å². The van der Waals surface area contributed by atoms with Crippen LogP contribution in [-0.4, -0.2) is 17.3 Å². The lowest BCUT2D eigenvalue weighted by molar-refractivity contribution is -0.136. The van der Waals surface area contributed by atoms with Crippen molar-refractivity contribution in [2.45, 2.75) is 121 Å². The zero-order chi connectivity index (χ0) is 29.7. The summed E-state index contributed by atoms with van der Waals surface area (Å²) < 4.78 is 0. The predicted octanol–water partition coefficient (Wildman–Crippen LogP) is 8.87. The lowest BCUT2D eigenvalue weighted by atomic mass is 9.41. The van der Waals surface area contributed by atoms with Crippen LogP contribution in [0.3, 0.4) is 0 Å². The first-order chi connectivity index (χ1) is 18.5. The average molecular weight is 547 g/mol. The number of hydrogen-bond acceptors (Lipinski definition) is 3. The van der Waals surface area contributed by atoms with Gasteiger partial charge in [-0.15, -0.1) is 0 Å². The minimum absolute atomic E-state index is 0.0602. The highest BCUT2D eigenvalue weighted by atomic mass is 16.2. The van der Waals surface area contributed by atoms with E-state index in [0.29, 0.717) is 40.9 Å². The maximum Gasteiger partial charge on any atom is 0.176 e. The SMILES string of the molecule is CC(=O)C1=C(C)CC2(C)CC3(C)CC4=C(C(C)C)CC(C5CCC(C)CC5C)C(C)C4C(=O)C3=C(C)C2(C)C1=O. The second kappa shape index (κ2) is 9.63. The molecule has 5 rings (SSSR count). The first-order valence-corrected chi connectivity index (χ1v) is 16.2. The van der Waals surface area contributed by atoms with Crippen molar-refractivity contribution in [1.29, 1.82) is 0 Å². The van der Waals surface area contributed by atoms with E-state index in [1.165, 1.54) is 31.8 Å². The van der Waals surface area contributed by atoms with Crippen molar-refractivity contribution in [3.8, 4) is 0 Å². The molecule has 40 heavy (non-hydrogen) atoms. The fraction of sp³-hybridized carbons (Fsp3) is 0.757. The van der Waals surface area contributed by atoms with E-state index in [1.807, 2.05) is 13.8 Å². The van der Waals surface area contributed by atoms with Crippen LogP contribution in [0.4, 0.5) is 0 Å². The molecule has 0 aromatic carbocycles. The smallest absolute Gasteiger partial charge is 0.176 e. The van der Waals surface area contributed by atoms with Gasteiger partial charge in [0.25, 0.3) is 0 Å². The molecular formula is C37H54O3. The Labute approximate surface area is 243 Å². The van der Waals surface area contributed by atoms with Gasteiger partial charge in [0.05, 0.1) is 11.0 Å². The molecule has 0 spiro atoms. The number of carbonyl (C=O) groups is 3. The summed E-state index contributed by atoms with van der Waals surface area (Å²) in [7, 11) is 0. The van der Waals surface area contributed by atoms with Crippen LogP contribution in [0, 0.1) is 57.7 Å². The molecule has 0 heterocycles. The molecule has 2 fully saturated rings. The predicted molar refractivity (Wildman–Crippen MR) is 163 cm³/mol. The largest absolute Gasteiger partial charge is 0.294 e. The van der Waals surface area contributed by atoms with Gasteiger partial charge in [-0.1, -0.05) is 77.2 Å². The van der Waals surface area contributed by atoms with Crippen molar-refractivity contribution in [2.75, 3.05) is 0 Å². The molecule has 2 saturated carbocycles. The molecule has 9 unspecified atom stereocenters. The third-order valence-electron chi connectivity index (χ3n) is 13.1. The van der Waals surface area contributed by atoms with Gasteiger partial charge < -0.3 is 0 Å². The number of carbonyl (C=O) groups excluding carboxylic acids is 3. The monoisotopic (exact) mass is 546 g/mol. The number of ketones is 3. The fourth-order valence-corrected chi connectivity index (χ4v) is 11.2. The van der Waals surface area contributed by atoms with E-state index in [1.54, 1.807) is 5.57 Å². The average Bonchev–Trinajstić information content (AvgIpc) is 2.81. The molecule has 0 saturated heterocycles. The Bertz CT molecular complexity index is 1260. The summed E-state index contributed by atoms with van der Waals surface area (Å²) in [6, 6.07) is 0. The maximum absolute atomic E-state index is 15.0. The van der Waals surface area contributed by atoms with E-state index in [9.17, 15) is 14.4 Å². The summed E-state index contributed by atoms with van der Waals surface area (Å²) in [5, 5.41) is 0. The van der Waals surface area contributed by atoms with Crippen LogP contribution >= 0.6 is 0 Å². The zero-order valence-corrected chi connectivity index (χ0v) is 27.2. The second-order valence-corrected chi connectivity index (χ2v) is 16.2. The number of Topliss-reactive ketones (excluding diaryl/α,β-unsaturated/α-hetero) is 3. The molecular weight excluding hydrogens is 492 g/mol. The van der Waals surface area contributed by atoms with Gasteiger partial charge in [0.2, 0.25) is 0 Å². The topological polar surface area (TPSA) is 51.2 Å². The molecule has 0 aromatic rings. The third-order valence-corrected chi connectivity index (χ3v) is 13.1. The van der Waals surface area contributed by atoms with E-state index in [2.05, 4.69) is 55.4 Å². The van der Waals surface area contributed by atoms with E-state index in [-0.39, 0.29) is 28.3 Å². The zero-order valence-electron chi connectivity index (χ0n) is 27.2. The third kappa shape index (κ3) is 3.98. The van der Waals surface area contributed by atoms with Crippen molar-refractivity contribution in [3.05, 3.63) is 33.4 Å². The molecule has 220 valence electrons. The molecule has 0 bridgehead atoms. The number of hydrogen-bond donors (Lipinski definition) is 0. The lowest BCUT2D eigenvalue weighted by Crippen LogP contribution is -2.58. The van der Waals surface area contributed by atoms with Gasteiger partial charge in [0.15, 0.2) is 17.3 Å². The first-order valence-electron chi connectivity index (χ1n) is 16.2. The Balaban J connectivity index is 1.66. The highest BCUT2D eigenvalue weighted by Gasteiger charge is 2.64. The minimum Gasteiger partial charge on any atom is -0.294 e. The van der Waals surface area contributed by atoms with Crippen molar-refractivity contribution >= 4 is 17.3 Å². The van der Waals surface area contributed by atoms with Crippen molar-refractivity contribution in [3.63, 3.8) is 0 Å². The van der Waals surface area contributed by atoms with Crippen LogP contribution in [0.15, 0.2) is 33.4 Å². The molecule has 3 nitrogen and oxygen atoms in total. The standard InChI is InChI=1S/C37H54O3/c1-19(2)27-15-28(26-13-12-20(3)14-21(26)4)23(6)31-29(27)17-35(9)18-36(10)16-22(5)30(25(8)38)34(40)37(36,11)24(7)32(35)33(31)39/h19-21,23,26,28,31H,12-18H2,1-11H3. The van der Waals surface area contributed by atoms with Crippen molar-refractivity contribution < 1.29 is 14.4 Å². The number of rotatable bonds is 3. The Morgan fingerprint density at radius 1 is 0.950 bits per heavy atom. The van der Waals surface area contributed by atoms with E-state index < -0.39 is 5.41 Å². The summed E-state index contributed by atoms with van der Waals surface area (Å²) in [4.78, 5) is 41.8. The van der Waals surface area contributed by atoms with Crippen molar-refractivity contribution in [1.82, 2.24) is 0 Å². The van der Waals surface area contributed by atoms with E-state index >= 15 is 0 Å². The number of fused-ring (bicyclic) bond motifs is 3. The quantitative estimate of drug-likeness (QED) is 0.262. The van der Waals surface area contributed by atoms with Crippen molar-refractivity contribution in [2.24, 2.45) is 57.7 Å². The number of allylic oxidation sites excluding steroid dienone is 6. The van der Waals surface area contributed by atoms with Gasteiger partial charge in [0.1, 0.15) is 0 Å². The normalized spacial score (nSPS) is 44.1. The highest BCUT2D eigenvalue weighted by molar-refractivity contribution is 6.24. The summed E-state index contributed by atoms with van der Waals surface area (Å²) >= 11 is 0. The Morgan fingerprint density at radius 2 is 1.60 bits per heavy atom. The summed E-state index contributed by atoms with van der Waals surface area (Å²) in [5.41, 5.74) is 4.73. The molecule has 0 aromatic heterocycles. The second-order valence-electron chi connectivity index (χ2n) is 16.2. The summed E-state index contributed by atoms with van der Waals surface area (Å²) in [6.07, 6.45) is 7.49. The Morgan fingerprint density at radius 3 is 2.17 bits per heavy atom. The molecule has 0 N–H and O–H groups in total. The van der Waals surface area contributed by atoms with Crippen LogP contribution in [-0.2, 0) is 14.4 Å². The van der Waals surface area contributed by atoms with Gasteiger partial charge >= 0.3 is 0 Å². The first kappa shape index (κ1) is 29.7. The van der Waals surface area contributed by atoms with Crippen LogP contribution in [0.5, 0.6) is 0 Å². The van der Waals surface area contributed by atoms with Crippen LogP contribution < -0.4 is 0 Å². The Kier molecular flexibility index (Phi) is 7.15. The molecule has 0 radical (unpaired) electrons. The summed E-state index contributed by atoms with van der Waals surface area (Å²) in [5.74, 6) is 3.49. The molecule has 5 aliphatic rings. The molecule has 0 aliphatic heterocycles. The molecule has 0 amide bonds. The fourth-order valence-electron chi connectivity index (χ4n) is 11.2. The minimum atomic E-state index is -0.828. The molecule has 3 heteroatoms. The maximum atomic E-state index is 15.0. The van der Waals surface area contributed by atoms with Crippen LogP contribution in [0.25, 0.3) is 0 Å². The van der Waals surface area contributed by atoms with Gasteiger partial charge in [-0.2, -0.15) is 0 Å². The molecule has 9 atom stereocenters. The van der Waals surface area contributed by atoms with E-state index in [4.69, 9.17) is 0 Å². The van der Waals surface area contributed by atoms with Gasteiger partial charge in [-0.3, -0.25) is 14.4 Å². The summed E-state index contributed by atoms with van der Waals surface area (Å²) in [6.45, 7) is 24.0. The van der Waals surface area contributed by atoms with Gasteiger partial charge in [0, 0.05) is 16.9 Å². The van der Waals surface area contributed by atoms with E-state index in [0.717, 1.165) is 48.3 Å². The lowest BCUT2D eigenvalue weighted by Gasteiger charge is -2.61. The molecule has 5 aliphatic carbocycles. The van der Waals surface area contributed by atoms with Gasteiger partial charge in [-0.05, 0) is 107 Å².